The van der Waals surface area contributed by atoms with Crippen LogP contribution < -0.4 is 5.56 Å². The maximum Gasteiger partial charge on any atom is 0.267 e. The van der Waals surface area contributed by atoms with Crippen molar-refractivity contribution in [3.8, 4) is 0 Å². The zero-order chi connectivity index (χ0) is 11.5. The Morgan fingerprint density at radius 1 is 1.56 bits per heavy atom. The number of aryl methyl sites for hydroxylation is 3. The molecule has 0 aromatic carbocycles. The fraction of sp³-hybridized carbons (Fsp3) is 0.300. The van der Waals surface area contributed by atoms with Crippen LogP contribution in [0.15, 0.2) is 27.3 Å². The third-order valence-corrected chi connectivity index (χ3v) is 3.82. The van der Waals surface area contributed by atoms with Gasteiger partial charge in [0.1, 0.15) is 4.47 Å². The van der Waals surface area contributed by atoms with E-state index in [1.807, 2.05) is 12.4 Å². The average Bonchev–Trinajstić information content (AvgIpc) is 2.67. The molecule has 0 amide bonds. The quantitative estimate of drug-likeness (QED) is 0.871. The third kappa shape index (κ3) is 2.38. The van der Waals surface area contributed by atoms with E-state index in [9.17, 15) is 4.79 Å². The van der Waals surface area contributed by atoms with Crippen molar-refractivity contribution in [1.82, 2.24) is 14.5 Å². The Balaban J connectivity index is 2.14. The first-order chi connectivity index (χ1) is 7.68. The molecular formula is C10H10BrN3OS. The van der Waals surface area contributed by atoms with Crippen molar-refractivity contribution >= 4 is 27.3 Å². The van der Waals surface area contributed by atoms with Crippen LogP contribution in [0.4, 0.5) is 0 Å². The summed E-state index contributed by atoms with van der Waals surface area (Å²) in [6.45, 7) is 2.61. The van der Waals surface area contributed by atoms with Crippen LogP contribution in [-0.4, -0.2) is 14.5 Å². The summed E-state index contributed by atoms with van der Waals surface area (Å²) in [7, 11) is 0. The lowest BCUT2D eigenvalue weighted by atomic mass is 10.3. The minimum Gasteiger partial charge on any atom is -0.298 e. The van der Waals surface area contributed by atoms with Crippen LogP contribution in [0.5, 0.6) is 0 Å². The summed E-state index contributed by atoms with van der Waals surface area (Å²) >= 11 is 4.79. The molecule has 4 nitrogen and oxygen atoms in total. The molecule has 2 heterocycles. The molecule has 0 saturated carbocycles. The van der Waals surface area contributed by atoms with Crippen molar-refractivity contribution in [3.63, 3.8) is 0 Å². The van der Waals surface area contributed by atoms with Gasteiger partial charge in [-0.15, -0.1) is 11.3 Å². The van der Waals surface area contributed by atoms with E-state index in [1.165, 1.54) is 11.1 Å². The number of nitrogens with zero attached hydrogens (tertiary/aromatic N) is 3. The van der Waals surface area contributed by atoms with E-state index in [0.29, 0.717) is 11.0 Å². The van der Waals surface area contributed by atoms with Crippen LogP contribution in [0.3, 0.4) is 0 Å². The Bertz CT molecular complexity index is 549. The Hall–Kier alpha value is -1.01. The number of halogens is 1. The highest BCUT2D eigenvalue weighted by molar-refractivity contribution is 9.10. The van der Waals surface area contributed by atoms with Crippen molar-refractivity contribution in [2.24, 2.45) is 0 Å². The molecule has 16 heavy (non-hydrogen) atoms. The molecule has 0 atom stereocenters. The van der Waals surface area contributed by atoms with Gasteiger partial charge in [-0.05, 0) is 22.9 Å². The van der Waals surface area contributed by atoms with Crippen molar-refractivity contribution in [3.05, 3.63) is 43.4 Å². The summed E-state index contributed by atoms with van der Waals surface area (Å²) in [5.74, 6) is 0. The topological polar surface area (TPSA) is 47.8 Å². The Kier molecular flexibility index (Phi) is 3.50. The standard InChI is InChI=1S/C10H10BrN3OS/c1-7-9(16-6-13-7)2-3-14-5-12-4-8(11)10(14)15/h4-6H,2-3H2,1H3. The van der Waals surface area contributed by atoms with Crippen LogP contribution in [0, 0.1) is 6.92 Å². The molecular weight excluding hydrogens is 290 g/mol. The molecule has 0 bridgehead atoms. The Morgan fingerprint density at radius 2 is 2.38 bits per heavy atom. The Morgan fingerprint density at radius 3 is 3.06 bits per heavy atom. The summed E-state index contributed by atoms with van der Waals surface area (Å²) in [4.78, 5) is 21.0. The van der Waals surface area contributed by atoms with E-state index in [0.717, 1.165) is 12.1 Å². The Labute approximate surface area is 105 Å². The first-order valence-electron chi connectivity index (χ1n) is 4.77. The second-order valence-electron chi connectivity index (χ2n) is 3.35. The van der Waals surface area contributed by atoms with E-state index >= 15 is 0 Å². The predicted octanol–water partition coefficient (Wildman–Crippen LogP) is 2.01. The zero-order valence-corrected chi connectivity index (χ0v) is 11.1. The summed E-state index contributed by atoms with van der Waals surface area (Å²) in [5.41, 5.74) is 2.82. The summed E-state index contributed by atoms with van der Waals surface area (Å²) in [5, 5.41) is 0. The molecule has 0 saturated heterocycles. The maximum absolute atomic E-state index is 11.7. The first kappa shape index (κ1) is 11.5. The van der Waals surface area contributed by atoms with Crippen molar-refractivity contribution in [2.75, 3.05) is 0 Å². The summed E-state index contributed by atoms with van der Waals surface area (Å²) in [6, 6.07) is 0. The number of thiazole rings is 1. The molecule has 0 unspecified atom stereocenters. The fourth-order valence-corrected chi connectivity index (χ4v) is 2.49. The van der Waals surface area contributed by atoms with Crippen molar-refractivity contribution in [1.29, 1.82) is 0 Å². The van der Waals surface area contributed by atoms with E-state index in [1.54, 1.807) is 22.2 Å². The maximum atomic E-state index is 11.7. The lowest BCUT2D eigenvalue weighted by Crippen LogP contribution is -2.21. The van der Waals surface area contributed by atoms with Gasteiger partial charge in [-0.1, -0.05) is 0 Å². The third-order valence-electron chi connectivity index (χ3n) is 2.28. The normalized spacial score (nSPS) is 10.6. The van der Waals surface area contributed by atoms with Crippen LogP contribution in [0.2, 0.25) is 0 Å². The van der Waals surface area contributed by atoms with E-state index in [4.69, 9.17) is 0 Å². The van der Waals surface area contributed by atoms with Gasteiger partial charge in [0.25, 0.3) is 5.56 Å². The number of aromatic nitrogens is 3. The molecule has 0 fully saturated rings. The van der Waals surface area contributed by atoms with Gasteiger partial charge < -0.3 is 0 Å². The SMILES string of the molecule is Cc1ncsc1CCn1cncc(Br)c1=O. The molecule has 84 valence electrons. The smallest absolute Gasteiger partial charge is 0.267 e. The van der Waals surface area contributed by atoms with Crippen LogP contribution in [0.1, 0.15) is 10.6 Å². The predicted molar refractivity (Wildman–Crippen MR) is 66.8 cm³/mol. The highest BCUT2D eigenvalue weighted by atomic mass is 79.9. The fourth-order valence-electron chi connectivity index (χ4n) is 1.37. The molecule has 0 aliphatic heterocycles. The number of hydrogen-bond acceptors (Lipinski definition) is 4. The van der Waals surface area contributed by atoms with Gasteiger partial charge >= 0.3 is 0 Å². The lowest BCUT2D eigenvalue weighted by Gasteiger charge is -2.04. The molecule has 6 heteroatoms. The first-order valence-corrected chi connectivity index (χ1v) is 6.44. The largest absolute Gasteiger partial charge is 0.298 e. The molecule has 2 aromatic heterocycles. The minimum atomic E-state index is -0.0443. The van der Waals surface area contributed by atoms with Gasteiger partial charge in [0, 0.05) is 24.0 Å². The molecule has 0 N–H and O–H groups in total. The van der Waals surface area contributed by atoms with Crippen LogP contribution in [0.25, 0.3) is 0 Å². The van der Waals surface area contributed by atoms with Gasteiger partial charge in [0.15, 0.2) is 0 Å². The molecule has 0 aliphatic carbocycles. The van der Waals surface area contributed by atoms with E-state index in [2.05, 4.69) is 25.9 Å². The van der Waals surface area contributed by atoms with Crippen LogP contribution >= 0.6 is 27.3 Å². The summed E-state index contributed by atoms with van der Waals surface area (Å²) in [6.07, 6.45) is 3.88. The van der Waals surface area contributed by atoms with Crippen molar-refractivity contribution in [2.45, 2.75) is 19.9 Å². The van der Waals surface area contributed by atoms with Gasteiger partial charge in [0.2, 0.25) is 0 Å². The average molecular weight is 300 g/mol. The second kappa shape index (κ2) is 4.88. The number of rotatable bonds is 3. The van der Waals surface area contributed by atoms with Gasteiger partial charge in [0.05, 0.1) is 17.5 Å². The number of hydrogen-bond donors (Lipinski definition) is 0. The highest BCUT2D eigenvalue weighted by Gasteiger charge is 2.04. The minimum absolute atomic E-state index is 0.0443. The van der Waals surface area contributed by atoms with E-state index in [-0.39, 0.29) is 5.56 Å². The van der Waals surface area contributed by atoms with Crippen LogP contribution in [-0.2, 0) is 13.0 Å². The second-order valence-corrected chi connectivity index (χ2v) is 5.14. The van der Waals surface area contributed by atoms with E-state index < -0.39 is 0 Å². The van der Waals surface area contributed by atoms with Gasteiger partial charge in [-0.25, -0.2) is 9.97 Å². The molecule has 2 aromatic rings. The molecule has 0 aliphatic rings. The van der Waals surface area contributed by atoms with Gasteiger partial charge in [-0.2, -0.15) is 0 Å². The van der Waals surface area contributed by atoms with Gasteiger partial charge in [-0.3, -0.25) is 9.36 Å². The lowest BCUT2D eigenvalue weighted by molar-refractivity contribution is 0.653. The molecule has 0 spiro atoms. The van der Waals surface area contributed by atoms with Crippen molar-refractivity contribution < 1.29 is 0 Å². The highest BCUT2D eigenvalue weighted by Crippen LogP contribution is 2.13. The molecule has 2 rings (SSSR count). The summed E-state index contributed by atoms with van der Waals surface area (Å²) < 4.78 is 2.10. The molecule has 0 radical (unpaired) electrons. The monoisotopic (exact) mass is 299 g/mol. The zero-order valence-electron chi connectivity index (χ0n) is 8.68.